The molecule has 0 spiro atoms. The van der Waals surface area contributed by atoms with Gasteiger partial charge in [-0.1, -0.05) is 36.4 Å². The van der Waals surface area contributed by atoms with Gasteiger partial charge in [0, 0.05) is 12.8 Å². The molecule has 5 rings (SSSR count). The zero-order valence-electron chi connectivity index (χ0n) is 19.8. The van der Waals surface area contributed by atoms with Gasteiger partial charge >= 0.3 is 5.97 Å². The van der Waals surface area contributed by atoms with Gasteiger partial charge in [0.15, 0.2) is 11.5 Å². The lowest BCUT2D eigenvalue weighted by atomic mass is 9.94. The van der Waals surface area contributed by atoms with E-state index in [4.69, 9.17) is 18.9 Å². The number of ether oxygens (including phenoxy) is 4. The molecule has 3 aromatic carbocycles. The Bertz CT molecular complexity index is 1150. The molecule has 2 aliphatic heterocycles. The standard InChI is InChI=1S/C28H29NO6/c1-19-21(18-33-28(2,35-19)27(30)31)17-20-11-13-22(14-12-20)32-16-15-29-23-7-3-5-9-25(23)34-26-10-6-4-8-24(26)29/h3-14,19,21H,15-18H2,1-2H3,(H,30,31). The number of benzene rings is 3. The molecule has 1 N–H and O–H groups in total. The number of para-hydroxylation sites is 4. The van der Waals surface area contributed by atoms with Gasteiger partial charge in [0.05, 0.1) is 30.6 Å². The molecule has 0 saturated carbocycles. The third-order valence-corrected chi connectivity index (χ3v) is 6.57. The Morgan fingerprint density at radius 2 is 1.66 bits per heavy atom. The molecule has 0 amide bonds. The summed E-state index contributed by atoms with van der Waals surface area (Å²) >= 11 is 0. The normalized spacial score (nSPS) is 23.1. The quantitative estimate of drug-likeness (QED) is 0.490. The van der Waals surface area contributed by atoms with Crippen LogP contribution in [0.4, 0.5) is 11.4 Å². The van der Waals surface area contributed by atoms with Crippen molar-refractivity contribution < 1.29 is 28.8 Å². The Balaban J connectivity index is 1.18. The molecular formula is C28H29NO6. The lowest BCUT2D eigenvalue weighted by molar-refractivity contribution is -0.291. The molecule has 7 nitrogen and oxygen atoms in total. The first-order chi connectivity index (χ1) is 16.9. The number of carboxylic acid groups (broad SMARTS) is 1. The van der Waals surface area contributed by atoms with Crippen LogP contribution in [-0.4, -0.2) is 42.7 Å². The molecule has 1 fully saturated rings. The first-order valence-electron chi connectivity index (χ1n) is 11.8. The van der Waals surface area contributed by atoms with E-state index in [1.165, 1.54) is 6.92 Å². The molecule has 3 unspecified atom stereocenters. The SMILES string of the molecule is CC1OC(C)(C(=O)O)OCC1Cc1ccc(OCCN2c3ccccc3Oc3ccccc32)cc1. The van der Waals surface area contributed by atoms with Gasteiger partial charge in [-0.05, 0) is 55.3 Å². The van der Waals surface area contributed by atoms with Gasteiger partial charge in [0.2, 0.25) is 0 Å². The second-order valence-electron chi connectivity index (χ2n) is 9.03. The maximum atomic E-state index is 11.4. The van der Waals surface area contributed by atoms with Gasteiger partial charge in [0.1, 0.15) is 12.4 Å². The Labute approximate surface area is 204 Å². The average Bonchev–Trinajstić information content (AvgIpc) is 2.86. The number of carboxylic acids is 1. The summed E-state index contributed by atoms with van der Waals surface area (Å²) in [6.07, 6.45) is 0.512. The highest BCUT2D eigenvalue weighted by molar-refractivity contribution is 5.77. The van der Waals surface area contributed by atoms with Gasteiger partial charge in [-0.25, -0.2) is 4.79 Å². The van der Waals surface area contributed by atoms with Crippen LogP contribution in [0.2, 0.25) is 0 Å². The van der Waals surface area contributed by atoms with E-state index in [-0.39, 0.29) is 12.0 Å². The number of aliphatic carboxylic acids is 1. The van der Waals surface area contributed by atoms with Gasteiger partial charge in [-0.3, -0.25) is 0 Å². The molecule has 0 aromatic heterocycles. The van der Waals surface area contributed by atoms with Crippen molar-refractivity contribution in [3.63, 3.8) is 0 Å². The van der Waals surface area contributed by atoms with Crippen LogP contribution in [0.3, 0.4) is 0 Å². The number of hydrogen-bond donors (Lipinski definition) is 1. The zero-order valence-corrected chi connectivity index (χ0v) is 19.8. The molecule has 7 heteroatoms. The van der Waals surface area contributed by atoms with Crippen molar-refractivity contribution in [3.05, 3.63) is 78.4 Å². The number of rotatable bonds is 7. The summed E-state index contributed by atoms with van der Waals surface area (Å²) in [7, 11) is 0. The molecule has 1 saturated heterocycles. The van der Waals surface area contributed by atoms with Crippen molar-refractivity contribution in [1.82, 2.24) is 0 Å². The van der Waals surface area contributed by atoms with Gasteiger partial charge < -0.3 is 29.0 Å². The van der Waals surface area contributed by atoms with Crippen molar-refractivity contribution in [1.29, 1.82) is 0 Å². The van der Waals surface area contributed by atoms with Crippen molar-refractivity contribution in [2.24, 2.45) is 5.92 Å². The van der Waals surface area contributed by atoms with E-state index in [0.717, 1.165) is 40.6 Å². The number of carbonyl (C=O) groups is 1. The molecule has 2 heterocycles. The Morgan fingerprint density at radius 1 is 1.03 bits per heavy atom. The van der Waals surface area contributed by atoms with E-state index < -0.39 is 11.8 Å². The average molecular weight is 476 g/mol. The molecule has 3 aromatic rings. The molecule has 35 heavy (non-hydrogen) atoms. The fourth-order valence-electron chi connectivity index (χ4n) is 4.52. The maximum Gasteiger partial charge on any atom is 0.364 e. The van der Waals surface area contributed by atoms with E-state index in [0.29, 0.717) is 19.8 Å². The van der Waals surface area contributed by atoms with Gasteiger partial charge in [-0.2, -0.15) is 0 Å². The van der Waals surface area contributed by atoms with Crippen LogP contribution in [0.15, 0.2) is 72.8 Å². The van der Waals surface area contributed by atoms with Crippen LogP contribution in [0, 0.1) is 5.92 Å². The predicted octanol–water partition coefficient (Wildman–Crippen LogP) is 5.40. The second-order valence-corrected chi connectivity index (χ2v) is 9.03. The third kappa shape index (κ3) is 4.83. The van der Waals surface area contributed by atoms with Crippen molar-refractivity contribution in [2.45, 2.75) is 32.2 Å². The van der Waals surface area contributed by atoms with E-state index in [9.17, 15) is 9.90 Å². The topological polar surface area (TPSA) is 77.5 Å². The molecule has 0 radical (unpaired) electrons. The summed E-state index contributed by atoms with van der Waals surface area (Å²) in [6, 6.07) is 24.0. The highest BCUT2D eigenvalue weighted by Crippen LogP contribution is 2.45. The highest BCUT2D eigenvalue weighted by Gasteiger charge is 2.43. The van der Waals surface area contributed by atoms with Crippen LogP contribution in [0.1, 0.15) is 19.4 Å². The van der Waals surface area contributed by atoms with Crippen molar-refractivity contribution in [2.75, 3.05) is 24.7 Å². The lowest BCUT2D eigenvalue weighted by Gasteiger charge is -2.39. The Kier molecular flexibility index (Phi) is 6.36. The minimum atomic E-state index is -1.57. The molecule has 182 valence electrons. The lowest BCUT2D eigenvalue weighted by Crippen LogP contribution is -2.51. The molecule has 0 bridgehead atoms. The van der Waals surface area contributed by atoms with Crippen LogP contribution in [0.25, 0.3) is 0 Å². The van der Waals surface area contributed by atoms with E-state index in [1.807, 2.05) is 67.6 Å². The summed E-state index contributed by atoms with van der Waals surface area (Å²) in [6.45, 7) is 4.87. The largest absolute Gasteiger partial charge is 0.492 e. The second kappa shape index (κ2) is 9.60. The molecular weight excluding hydrogens is 446 g/mol. The number of anilines is 2. The van der Waals surface area contributed by atoms with Gasteiger partial charge in [0.25, 0.3) is 5.79 Å². The summed E-state index contributed by atoms with van der Waals surface area (Å²) in [4.78, 5) is 13.6. The number of fused-ring (bicyclic) bond motifs is 2. The molecule has 0 aliphatic carbocycles. The Hall–Kier alpha value is -3.55. The smallest absolute Gasteiger partial charge is 0.364 e. The summed E-state index contributed by atoms with van der Waals surface area (Å²) in [5.41, 5.74) is 3.17. The zero-order chi connectivity index (χ0) is 24.4. The minimum Gasteiger partial charge on any atom is -0.492 e. The summed E-state index contributed by atoms with van der Waals surface area (Å²) in [5, 5.41) is 9.30. The van der Waals surface area contributed by atoms with Gasteiger partial charge in [-0.15, -0.1) is 0 Å². The summed E-state index contributed by atoms with van der Waals surface area (Å²) in [5.74, 6) is -0.127. The van der Waals surface area contributed by atoms with Crippen LogP contribution in [-0.2, 0) is 20.7 Å². The number of nitrogens with zero attached hydrogens (tertiary/aromatic N) is 1. The van der Waals surface area contributed by atoms with Crippen molar-refractivity contribution >= 4 is 17.3 Å². The van der Waals surface area contributed by atoms with E-state index >= 15 is 0 Å². The van der Waals surface area contributed by atoms with Crippen LogP contribution < -0.4 is 14.4 Å². The third-order valence-electron chi connectivity index (χ3n) is 6.57. The predicted molar refractivity (Wildman–Crippen MR) is 132 cm³/mol. The highest BCUT2D eigenvalue weighted by atomic mass is 16.7. The fraction of sp³-hybridized carbons (Fsp3) is 0.321. The minimum absolute atomic E-state index is 0.0793. The van der Waals surface area contributed by atoms with Crippen molar-refractivity contribution in [3.8, 4) is 17.2 Å². The maximum absolute atomic E-state index is 11.4. The molecule has 3 atom stereocenters. The Morgan fingerprint density at radius 3 is 2.26 bits per heavy atom. The first-order valence-corrected chi connectivity index (χ1v) is 11.8. The van der Waals surface area contributed by atoms with Crippen LogP contribution >= 0.6 is 0 Å². The number of hydrogen-bond acceptors (Lipinski definition) is 6. The van der Waals surface area contributed by atoms with Crippen LogP contribution in [0.5, 0.6) is 17.2 Å². The monoisotopic (exact) mass is 475 g/mol. The molecule has 2 aliphatic rings. The fourth-order valence-corrected chi connectivity index (χ4v) is 4.52. The summed E-state index contributed by atoms with van der Waals surface area (Å²) < 4.78 is 23.3. The van der Waals surface area contributed by atoms with E-state index in [2.05, 4.69) is 17.0 Å². The first kappa shape index (κ1) is 23.2. The van der Waals surface area contributed by atoms with E-state index in [1.54, 1.807) is 0 Å².